The lowest BCUT2D eigenvalue weighted by Gasteiger charge is -2.39. The first kappa shape index (κ1) is 44.0. The lowest BCUT2D eigenvalue weighted by molar-refractivity contribution is -0.384. The number of hydrogen-bond acceptors (Lipinski definition) is 10. The summed E-state index contributed by atoms with van der Waals surface area (Å²) >= 11 is 12.7. The number of carbonyl (C=O) groups is 1. The molecular formula is C47H54Cl2N6O6S. The van der Waals surface area contributed by atoms with Gasteiger partial charge in [-0.05, 0) is 116 Å². The molecule has 8 rings (SSSR count). The van der Waals surface area contributed by atoms with E-state index in [1.54, 1.807) is 36.4 Å². The van der Waals surface area contributed by atoms with Gasteiger partial charge in [0.2, 0.25) is 0 Å². The van der Waals surface area contributed by atoms with Gasteiger partial charge < -0.3 is 19.9 Å². The lowest BCUT2D eigenvalue weighted by Crippen LogP contribution is -2.47. The molecule has 0 aromatic heterocycles. The number of nitro groups is 1. The van der Waals surface area contributed by atoms with Crippen molar-refractivity contribution in [1.82, 2.24) is 14.5 Å². The van der Waals surface area contributed by atoms with Crippen molar-refractivity contribution in [2.45, 2.75) is 69.7 Å². The Kier molecular flexibility index (Phi) is 13.2. The van der Waals surface area contributed by atoms with Gasteiger partial charge in [0.1, 0.15) is 17.2 Å². The highest BCUT2D eigenvalue weighted by Crippen LogP contribution is 2.44. The molecule has 1 amide bonds. The van der Waals surface area contributed by atoms with Gasteiger partial charge in [-0.2, -0.15) is 0 Å². The van der Waals surface area contributed by atoms with Crippen molar-refractivity contribution < 1.29 is 22.9 Å². The van der Waals surface area contributed by atoms with Gasteiger partial charge in [0.25, 0.3) is 21.6 Å². The Morgan fingerprint density at radius 2 is 1.60 bits per heavy atom. The maximum Gasteiger partial charge on any atom is 0.293 e. The summed E-state index contributed by atoms with van der Waals surface area (Å²) in [5.41, 5.74) is 4.96. The summed E-state index contributed by atoms with van der Waals surface area (Å²) in [5, 5.41) is 16.5. The van der Waals surface area contributed by atoms with Crippen molar-refractivity contribution in [3.8, 4) is 11.5 Å². The molecule has 2 aliphatic carbocycles. The molecule has 0 radical (unpaired) electrons. The van der Waals surface area contributed by atoms with E-state index in [0.717, 1.165) is 107 Å². The number of hydrogen-bond donors (Lipinski definition) is 2. The van der Waals surface area contributed by atoms with E-state index in [1.165, 1.54) is 47.8 Å². The van der Waals surface area contributed by atoms with Crippen molar-refractivity contribution in [3.05, 3.63) is 122 Å². The molecule has 0 atom stereocenters. The second kappa shape index (κ2) is 18.6. The number of piperidine rings is 1. The van der Waals surface area contributed by atoms with Gasteiger partial charge in [-0.1, -0.05) is 66.9 Å². The van der Waals surface area contributed by atoms with Crippen LogP contribution in [0, 0.1) is 21.4 Å². The first-order valence-corrected chi connectivity index (χ1v) is 23.8. The van der Waals surface area contributed by atoms with Gasteiger partial charge in [0.05, 0.1) is 20.4 Å². The molecule has 2 N–H and O–H groups in total. The maximum absolute atomic E-state index is 13.9. The van der Waals surface area contributed by atoms with Gasteiger partial charge in [-0.3, -0.25) is 19.8 Å². The first-order chi connectivity index (χ1) is 29.7. The molecule has 2 heterocycles. The van der Waals surface area contributed by atoms with Gasteiger partial charge in [0, 0.05) is 81.2 Å². The van der Waals surface area contributed by atoms with Crippen molar-refractivity contribution >= 4 is 61.8 Å². The third kappa shape index (κ3) is 10.7. The molecule has 62 heavy (non-hydrogen) atoms. The Labute approximate surface area is 374 Å². The number of carbonyl (C=O) groups excluding carboxylic acids is 1. The molecule has 4 aromatic carbocycles. The molecule has 3 fully saturated rings. The van der Waals surface area contributed by atoms with E-state index < -0.39 is 25.7 Å². The second-order valence-corrected chi connectivity index (χ2v) is 20.5. The van der Waals surface area contributed by atoms with Crippen LogP contribution < -0.4 is 19.7 Å². The minimum atomic E-state index is -4.55. The highest BCUT2D eigenvalue weighted by molar-refractivity contribution is 7.90. The standard InChI is InChI=1S/C47H54Cl2N6O6S/c1-47(2)20-17-34(40(29-47)33-9-11-35(48)12-10-33)31-53-23-25-54(26-24-53)37-13-15-39(45(27-37)61-44-6-4-3-5-41(44)49)46(56)51-62(59,60)38-14-16-42(43(28-38)55(57)58)50-36-18-21-52(22-19-36)30-32-7-8-32/h3-6,9-16,27-28,32,36,50H,7-8,17-26,29-31H2,1-2H3,(H,51,56). The normalized spacial score (nSPS) is 19.0. The van der Waals surface area contributed by atoms with Crippen molar-refractivity contribution in [3.63, 3.8) is 0 Å². The van der Waals surface area contributed by atoms with Crippen molar-refractivity contribution in [1.29, 1.82) is 0 Å². The summed E-state index contributed by atoms with van der Waals surface area (Å²) in [4.78, 5) is 32.3. The summed E-state index contributed by atoms with van der Waals surface area (Å²) in [7, 11) is -4.55. The summed E-state index contributed by atoms with van der Waals surface area (Å²) in [6, 6.07) is 23.8. The molecule has 12 nitrogen and oxygen atoms in total. The number of halogens is 2. The molecule has 0 spiro atoms. The number of ether oxygens (including phenoxy) is 1. The van der Waals surface area contributed by atoms with Crippen molar-refractivity contribution in [2.75, 3.05) is 62.6 Å². The average molecular weight is 902 g/mol. The number of nitrogens with one attached hydrogen (secondary N) is 2. The minimum Gasteiger partial charge on any atom is -0.455 e. The zero-order chi connectivity index (χ0) is 43.6. The smallest absolute Gasteiger partial charge is 0.293 e. The number of rotatable bonds is 14. The topological polar surface area (TPSA) is 137 Å². The van der Waals surface area contributed by atoms with Gasteiger partial charge in [-0.25, -0.2) is 13.1 Å². The molecule has 2 aliphatic heterocycles. The number of anilines is 2. The van der Waals surface area contributed by atoms with Crippen LogP contribution in [0.5, 0.6) is 11.5 Å². The van der Waals surface area contributed by atoms with Gasteiger partial charge in [-0.15, -0.1) is 0 Å². The molecule has 4 aromatic rings. The molecular weight excluding hydrogens is 848 g/mol. The van der Waals surface area contributed by atoms with E-state index in [4.69, 9.17) is 27.9 Å². The van der Waals surface area contributed by atoms with E-state index in [0.29, 0.717) is 10.8 Å². The third-order valence-corrected chi connectivity index (χ3v) is 14.6. The maximum atomic E-state index is 13.9. The van der Waals surface area contributed by atoms with Crippen molar-refractivity contribution in [2.24, 2.45) is 11.3 Å². The van der Waals surface area contributed by atoms with Crippen LogP contribution in [-0.4, -0.2) is 87.4 Å². The van der Waals surface area contributed by atoms with Crippen LogP contribution >= 0.6 is 23.2 Å². The van der Waals surface area contributed by atoms with E-state index in [1.807, 2.05) is 12.1 Å². The van der Waals surface area contributed by atoms with E-state index >= 15 is 0 Å². The highest BCUT2D eigenvalue weighted by atomic mass is 35.5. The summed E-state index contributed by atoms with van der Waals surface area (Å²) < 4.78 is 35.8. The number of allylic oxidation sites excluding steroid dienone is 1. The average Bonchev–Trinajstić information content (AvgIpc) is 4.07. The Morgan fingerprint density at radius 3 is 2.29 bits per heavy atom. The Bertz CT molecular complexity index is 2440. The fourth-order valence-corrected chi connectivity index (χ4v) is 10.1. The number of amides is 1. The Morgan fingerprint density at radius 1 is 0.871 bits per heavy atom. The van der Waals surface area contributed by atoms with E-state index in [2.05, 4.69) is 50.7 Å². The van der Waals surface area contributed by atoms with Crippen LogP contribution in [0.3, 0.4) is 0 Å². The quantitative estimate of drug-likeness (QED) is 0.0930. The van der Waals surface area contributed by atoms with Crippen LogP contribution in [0.15, 0.2) is 95.4 Å². The number of likely N-dealkylation sites (tertiary alicyclic amines) is 1. The van der Waals surface area contributed by atoms with E-state index in [9.17, 15) is 23.3 Å². The monoisotopic (exact) mass is 900 g/mol. The molecule has 328 valence electrons. The second-order valence-electron chi connectivity index (χ2n) is 17.9. The fourth-order valence-electron chi connectivity index (χ4n) is 8.86. The third-order valence-electron chi connectivity index (χ3n) is 12.7. The number of nitrogens with zero attached hydrogens (tertiary/aromatic N) is 4. The summed E-state index contributed by atoms with van der Waals surface area (Å²) in [5.74, 6) is 0.247. The molecule has 15 heteroatoms. The molecule has 1 saturated carbocycles. The van der Waals surface area contributed by atoms with Gasteiger partial charge >= 0.3 is 0 Å². The molecule has 0 bridgehead atoms. The molecule has 2 saturated heterocycles. The number of nitro benzene ring substituents is 1. The number of sulfonamides is 1. The predicted octanol–water partition coefficient (Wildman–Crippen LogP) is 9.88. The molecule has 0 unspecified atom stereocenters. The summed E-state index contributed by atoms with van der Waals surface area (Å²) in [6.45, 7) is 11.6. The number of para-hydroxylation sites is 1. The fraction of sp³-hybridized carbons (Fsp3) is 0.426. The van der Waals surface area contributed by atoms with Gasteiger partial charge in [0.15, 0.2) is 0 Å². The number of piperazine rings is 1. The summed E-state index contributed by atoms with van der Waals surface area (Å²) in [6.07, 6.45) is 7.44. The predicted molar refractivity (Wildman–Crippen MR) is 246 cm³/mol. The Hall–Kier alpha value is -4.66. The zero-order valence-electron chi connectivity index (χ0n) is 35.2. The van der Waals surface area contributed by atoms with Crippen LogP contribution in [0.2, 0.25) is 10.0 Å². The van der Waals surface area contributed by atoms with Crippen LogP contribution in [0.1, 0.15) is 74.7 Å². The Balaban J connectivity index is 0.968. The first-order valence-electron chi connectivity index (χ1n) is 21.5. The molecule has 4 aliphatic rings. The SMILES string of the molecule is CC1(C)CCC(CN2CCN(c3ccc(C(=O)NS(=O)(=O)c4ccc(NC5CCN(CC6CC6)CC5)c([N+](=O)[O-])c4)c(Oc4ccccc4Cl)c3)CC2)=C(c2ccc(Cl)cc2)C1. The van der Waals surface area contributed by atoms with Crippen LogP contribution in [0.4, 0.5) is 17.1 Å². The van der Waals surface area contributed by atoms with E-state index in [-0.39, 0.29) is 34.1 Å². The largest absolute Gasteiger partial charge is 0.455 e. The van der Waals surface area contributed by atoms with Crippen LogP contribution in [0.25, 0.3) is 5.57 Å². The van der Waals surface area contributed by atoms with Crippen LogP contribution in [-0.2, 0) is 10.0 Å². The lowest BCUT2D eigenvalue weighted by atomic mass is 9.72. The minimum absolute atomic E-state index is 0.0238. The highest BCUT2D eigenvalue weighted by Gasteiger charge is 2.32. The number of benzene rings is 4. The zero-order valence-corrected chi connectivity index (χ0v) is 37.6.